The number of methoxy groups -OCH3 is 1. The van der Waals surface area contributed by atoms with E-state index in [1.165, 1.54) is 4.90 Å². The van der Waals surface area contributed by atoms with Crippen molar-refractivity contribution in [1.29, 1.82) is 0 Å². The van der Waals surface area contributed by atoms with Gasteiger partial charge in [0.15, 0.2) is 0 Å². The predicted molar refractivity (Wildman–Crippen MR) is 120 cm³/mol. The Morgan fingerprint density at radius 1 is 1.00 bits per heavy atom. The molecule has 0 atom stereocenters. The Morgan fingerprint density at radius 2 is 1.74 bits per heavy atom. The molecule has 6 nitrogen and oxygen atoms in total. The van der Waals surface area contributed by atoms with Gasteiger partial charge in [-0.2, -0.15) is 0 Å². The lowest BCUT2D eigenvalue weighted by atomic mass is 10.1. The fourth-order valence-electron chi connectivity index (χ4n) is 3.93. The van der Waals surface area contributed by atoms with Crippen molar-refractivity contribution in [3.8, 4) is 11.4 Å². The summed E-state index contributed by atoms with van der Waals surface area (Å²) in [5.41, 5.74) is 6.19. The van der Waals surface area contributed by atoms with Gasteiger partial charge in [0.05, 0.1) is 13.7 Å². The Morgan fingerprint density at radius 3 is 2.42 bits per heavy atom. The summed E-state index contributed by atoms with van der Waals surface area (Å²) >= 11 is 0. The van der Waals surface area contributed by atoms with Crippen molar-refractivity contribution in [2.75, 3.05) is 7.11 Å². The van der Waals surface area contributed by atoms with Gasteiger partial charge in [0, 0.05) is 17.1 Å². The summed E-state index contributed by atoms with van der Waals surface area (Å²) in [5.74, 6) is 0.474. The summed E-state index contributed by atoms with van der Waals surface area (Å²) in [5, 5.41) is 2.72. The summed E-state index contributed by atoms with van der Waals surface area (Å²) in [6.45, 7) is 6.24. The molecule has 1 N–H and O–H groups in total. The Hall–Kier alpha value is -3.80. The summed E-state index contributed by atoms with van der Waals surface area (Å²) in [6, 6.07) is 17.2. The standard InChI is InChI=1S/C25H25N3O3/c1-16-6-5-7-19(12-16)15-27-24(29)23(26-25(27)30)14-20-13-17(2)28(18(20)3)21-8-10-22(31-4)11-9-21/h5-14H,15H2,1-4H3,(H,26,30)/b23-14+. The lowest BCUT2D eigenvalue weighted by Gasteiger charge is -2.12. The van der Waals surface area contributed by atoms with Crippen LogP contribution in [0.2, 0.25) is 0 Å². The zero-order valence-electron chi connectivity index (χ0n) is 18.1. The normalized spacial score (nSPS) is 15.0. The minimum absolute atomic E-state index is 0.245. The first-order chi connectivity index (χ1) is 14.9. The number of aryl methyl sites for hydroxylation is 2. The maximum atomic E-state index is 12.9. The summed E-state index contributed by atoms with van der Waals surface area (Å²) in [6.07, 6.45) is 1.75. The van der Waals surface area contributed by atoms with Crippen LogP contribution in [0.4, 0.5) is 4.79 Å². The SMILES string of the molecule is COc1ccc(-n2c(C)cc(/C=C3/NC(=O)N(Cc4cccc(C)c4)C3=O)c2C)cc1. The van der Waals surface area contributed by atoms with Gasteiger partial charge in [-0.05, 0) is 68.3 Å². The van der Waals surface area contributed by atoms with Gasteiger partial charge in [0.25, 0.3) is 5.91 Å². The van der Waals surface area contributed by atoms with E-state index in [1.807, 2.05) is 75.4 Å². The lowest BCUT2D eigenvalue weighted by molar-refractivity contribution is -0.123. The summed E-state index contributed by atoms with van der Waals surface area (Å²) in [7, 11) is 1.64. The second-order valence-corrected chi connectivity index (χ2v) is 7.73. The Bertz CT molecular complexity index is 1190. The topological polar surface area (TPSA) is 63.6 Å². The third-order valence-electron chi connectivity index (χ3n) is 5.49. The molecular weight excluding hydrogens is 390 g/mol. The molecule has 2 aromatic carbocycles. The first kappa shape index (κ1) is 20.5. The van der Waals surface area contributed by atoms with Crippen LogP contribution in [-0.2, 0) is 11.3 Å². The Labute approximate surface area is 181 Å². The van der Waals surface area contributed by atoms with Crippen LogP contribution in [0.15, 0.2) is 60.3 Å². The number of rotatable bonds is 5. The molecule has 0 unspecified atom stereocenters. The molecule has 158 valence electrons. The molecule has 4 rings (SSSR count). The van der Waals surface area contributed by atoms with Crippen LogP contribution in [-0.4, -0.2) is 28.5 Å². The highest BCUT2D eigenvalue weighted by atomic mass is 16.5. The van der Waals surface area contributed by atoms with E-state index < -0.39 is 6.03 Å². The average molecular weight is 415 g/mol. The van der Waals surface area contributed by atoms with E-state index >= 15 is 0 Å². The second-order valence-electron chi connectivity index (χ2n) is 7.73. The van der Waals surface area contributed by atoms with E-state index in [9.17, 15) is 9.59 Å². The summed E-state index contributed by atoms with van der Waals surface area (Å²) in [4.78, 5) is 26.6. The Balaban J connectivity index is 1.61. The number of aromatic nitrogens is 1. The van der Waals surface area contributed by atoms with Gasteiger partial charge in [-0.3, -0.25) is 9.69 Å². The molecule has 1 saturated heterocycles. The number of nitrogens with zero attached hydrogens (tertiary/aromatic N) is 2. The third-order valence-corrected chi connectivity index (χ3v) is 5.49. The molecule has 3 aromatic rings. The zero-order valence-corrected chi connectivity index (χ0v) is 18.1. The van der Waals surface area contributed by atoms with Crippen LogP contribution < -0.4 is 10.1 Å². The van der Waals surface area contributed by atoms with Crippen molar-refractivity contribution in [3.05, 3.63) is 88.4 Å². The zero-order chi connectivity index (χ0) is 22.1. The van der Waals surface area contributed by atoms with Crippen molar-refractivity contribution in [2.45, 2.75) is 27.3 Å². The molecule has 2 heterocycles. The number of amides is 3. The fraction of sp³-hybridized carbons (Fsp3) is 0.200. The number of nitrogens with one attached hydrogen (secondary N) is 1. The number of carbonyl (C=O) groups is 2. The second kappa shape index (κ2) is 8.14. The molecule has 0 aliphatic carbocycles. The van der Waals surface area contributed by atoms with Crippen molar-refractivity contribution in [2.24, 2.45) is 0 Å². The number of hydrogen-bond donors (Lipinski definition) is 1. The van der Waals surface area contributed by atoms with E-state index in [4.69, 9.17) is 4.74 Å². The maximum absolute atomic E-state index is 12.9. The molecule has 1 aliphatic heterocycles. The number of ether oxygens (including phenoxy) is 1. The number of benzene rings is 2. The van der Waals surface area contributed by atoms with Gasteiger partial charge >= 0.3 is 6.03 Å². The van der Waals surface area contributed by atoms with Crippen LogP contribution in [0, 0.1) is 20.8 Å². The van der Waals surface area contributed by atoms with E-state index in [2.05, 4.69) is 9.88 Å². The number of urea groups is 1. The maximum Gasteiger partial charge on any atom is 0.329 e. The highest BCUT2D eigenvalue weighted by Gasteiger charge is 2.33. The largest absolute Gasteiger partial charge is 0.497 e. The number of hydrogen-bond acceptors (Lipinski definition) is 3. The molecule has 1 aliphatic rings. The fourth-order valence-corrected chi connectivity index (χ4v) is 3.93. The molecule has 6 heteroatoms. The quantitative estimate of drug-likeness (QED) is 0.493. The van der Waals surface area contributed by atoms with Crippen molar-refractivity contribution >= 4 is 18.0 Å². The highest BCUT2D eigenvalue weighted by molar-refractivity contribution is 6.14. The first-order valence-electron chi connectivity index (χ1n) is 10.1. The van der Waals surface area contributed by atoms with Crippen LogP contribution >= 0.6 is 0 Å². The van der Waals surface area contributed by atoms with E-state index in [1.54, 1.807) is 13.2 Å². The van der Waals surface area contributed by atoms with Crippen LogP contribution in [0.5, 0.6) is 5.75 Å². The van der Waals surface area contributed by atoms with Gasteiger partial charge in [-0.15, -0.1) is 0 Å². The van der Waals surface area contributed by atoms with E-state index in [0.29, 0.717) is 0 Å². The lowest BCUT2D eigenvalue weighted by Crippen LogP contribution is -2.30. The van der Waals surface area contributed by atoms with Crippen LogP contribution in [0.25, 0.3) is 11.8 Å². The van der Waals surface area contributed by atoms with Crippen molar-refractivity contribution < 1.29 is 14.3 Å². The van der Waals surface area contributed by atoms with Crippen LogP contribution in [0.3, 0.4) is 0 Å². The van der Waals surface area contributed by atoms with Gasteiger partial charge in [-0.1, -0.05) is 29.8 Å². The first-order valence-corrected chi connectivity index (χ1v) is 10.1. The highest BCUT2D eigenvalue weighted by Crippen LogP contribution is 2.25. The predicted octanol–water partition coefficient (Wildman–Crippen LogP) is 4.50. The molecule has 0 spiro atoms. The summed E-state index contributed by atoms with van der Waals surface area (Å²) < 4.78 is 7.35. The van der Waals surface area contributed by atoms with Crippen molar-refractivity contribution in [3.63, 3.8) is 0 Å². The number of imide groups is 1. The number of carbonyl (C=O) groups excluding carboxylic acids is 2. The molecule has 0 bridgehead atoms. The van der Waals surface area contributed by atoms with Crippen molar-refractivity contribution in [1.82, 2.24) is 14.8 Å². The Kier molecular flexibility index (Phi) is 5.38. The molecule has 0 radical (unpaired) electrons. The van der Waals surface area contributed by atoms with Gasteiger partial charge < -0.3 is 14.6 Å². The molecular formula is C25H25N3O3. The van der Waals surface area contributed by atoms with E-state index in [-0.39, 0.29) is 18.1 Å². The minimum Gasteiger partial charge on any atom is -0.497 e. The monoisotopic (exact) mass is 415 g/mol. The van der Waals surface area contributed by atoms with E-state index in [0.717, 1.165) is 39.5 Å². The molecule has 0 saturated carbocycles. The van der Waals surface area contributed by atoms with Gasteiger partial charge in [0.2, 0.25) is 0 Å². The third kappa shape index (κ3) is 3.97. The molecule has 1 fully saturated rings. The molecule has 31 heavy (non-hydrogen) atoms. The van der Waals surface area contributed by atoms with Gasteiger partial charge in [0.1, 0.15) is 11.4 Å². The molecule has 1 aromatic heterocycles. The average Bonchev–Trinajstić information content (AvgIpc) is 3.17. The van der Waals surface area contributed by atoms with Gasteiger partial charge in [-0.25, -0.2) is 4.79 Å². The van der Waals surface area contributed by atoms with Crippen LogP contribution in [0.1, 0.15) is 28.1 Å². The molecule has 3 amide bonds. The smallest absolute Gasteiger partial charge is 0.329 e. The minimum atomic E-state index is -0.401.